The SMILES string of the molecule is CCCCNC(=O)C(Cc1ccccc1)N(Cc1ccc(Cl)cc1Cl)C(=O)CN(c1ccc(Cl)cc1)S(=O)(=O)c1ccc(C)cc1. The van der Waals surface area contributed by atoms with E-state index < -0.39 is 28.5 Å². The zero-order chi connectivity index (χ0) is 33.3. The van der Waals surface area contributed by atoms with Gasteiger partial charge >= 0.3 is 0 Å². The van der Waals surface area contributed by atoms with Gasteiger partial charge in [-0.1, -0.05) is 102 Å². The first kappa shape index (κ1) is 35.3. The fourth-order valence-corrected chi connectivity index (χ4v) is 6.88. The molecule has 11 heteroatoms. The Hall–Kier alpha value is -3.56. The van der Waals surface area contributed by atoms with Gasteiger partial charge in [0.25, 0.3) is 10.0 Å². The van der Waals surface area contributed by atoms with Gasteiger partial charge in [-0.25, -0.2) is 8.42 Å². The second kappa shape index (κ2) is 16.3. The summed E-state index contributed by atoms with van der Waals surface area (Å²) in [6.07, 6.45) is 1.83. The van der Waals surface area contributed by atoms with Crippen LogP contribution >= 0.6 is 34.8 Å². The molecular weight excluding hydrogens is 665 g/mol. The maximum atomic E-state index is 14.5. The molecule has 7 nitrogen and oxygen atoms in total. The number of hydrogen-bond donors (Lipinski definition) is 1. The molecule has 4 aromatic carbocycles. The lowest BCUT2D eigenvalue weighted by Crippen LogP contribution is -2.53. The van der Waals surface area contributed by atoms with Crippen molar-refractivity contribution in [2.75, 3.05) is 17.4 Å². The minimum absolute atomic E-state index is 0.0197. The van der Waals surface area contributed by atoms with Gasteiger partial charge in [0, 0.05) is 34.6 Å². The van der Waals surface area contributed by atoms with Crippen molar-refractivity contribution >= 4 is 62.3 Å². The number of amides is 2. The number of hydrogen-bond acceptors (Lipinski definition) is 4. The highest BCUT2D eigenvalue weighted by molar-refractivity contribution is 7.92. The second-order valence-corrected chi connectivity index (χ2v) is 14.1. The molecule has 0 heterocycles. The summed E-state index contributed by atoms with van der Waals surface area (Å²) in [5, 5.41) is 4.11. The first-order chi connectivity index (χ1) is 22.0. The highest BCUT2D eigenvalue weighted by Gasteiger charge is 2.35. The standard InChI is InChI=1S/C35H36Cl3N3O4S/c1-3-4-20-39-35(43)33(21-26-8-6-5-7-9-26)40(23-27-12-13-29(37)22-32(27)38)34(42)24-41(30-16-14-28(36)15-17-30)46(44,45)31-18-10-25(2)11-19-31/h5-19,22,33H,3-4,20-21,23-24H2,1-2H3,(H,39,43). The number of carbonyl (C=O) groups excluding carboxylic acids is 2. The van der Waals surface area contributed by atoms with Gasteiger partial charge in [-0.3, -0.25) is 13.9 Å². The van der Waals surface area contributed by atoms with Crippen LogP contribution < -0.4 is 9.62 Å². The topological polar surface area (TPSA) is 86.8 Å². The summed E-state index contributed by atoms with van der Waals surface area (Å²) in [5.74, 6) is -0.946. The fourth-order valence-electron chi connectivity index (χ4n) is 4.87. The van der Waals surface area contributed by atoms with Gasteiger partial charge in [-0.15, -0.1) is 0 Å². The average Bonchev–Trinajstić information content (AvgIpc) is 3.03. The Balaban J connectivity index is 1.80. The molecule has 0 aliphatic rings. The molecule has 2 amide bonds. The maximum Gasteiger partial charge on any atom is 0.264 e. The molecule has 46 heavy (non-hydrogen) atoms. The fraction of sp³-hybridized carbons (Fsp3) is 0.257. The Bertz CT molecular complexity index is 1740. The van der Waals surface area contributed by atoms with Gasteiger partial charge in [0.1, 0.15) is 12.6 Å². The number of nitrogens with zero attached hydrogens (tertiary/aromatic N) is 2. The van der Waals surface area contributed by atoms with Crippen LogP contribution in [0.2, 0.25) is 15.1 Å². The van der Waals surface area contributed by atoms with Crippen molar-refractivity contribution in [1.29, 1.82) is 0 Å². The first-order valence-electron chi connectivity index (χ1n) is 14.9. The van der Waals surface area contributed by atoms with Crippen LogP contribution in [0.5, 0.6) is 0 Å². The molecule has 4 aromatic rings. The van der Waals surface area contributed by atoms with Gasteiger partial charge in [0.05, 0.1) is 10.6 Å². The number of nitrogens with one attached hydrogen (secondary N) is 1. The summed E-state index contributed by atoms with van der Waals surface area (Å²) in [6, 6.07) is 25.9. The van der Waals surface area contributed by atoms with Gasteiger partial charge in [-0.05, 0) is 73.0 Å². The number of sulfonamides is 1. The molecule has 0 saturated carbocycles. The third-order valence-corrected chi connectivity index (χ3v) is 10.1. The van der Waals surface area contributed by atoms with Crippen molar-refractivity contribution in [3.05, 3.63) is 129 Å². The molecule has 0 aromatic heterocycles. The Morgan fingerprint density at radius 3 is 2.13 bits per heavy atom. The van der Waals surface area contributed by atoms with Crippen molar-refractivity contribution < 1.29 is 18.0 Å². The van der Waals surface area contributed by atoms with E-state index in [1.165, 1.54) is 17.0 Å². The van der Waals surface area contributed by atoms with E-state index in [-0.39, 0.29) is 29.5 Å². The molecule has 1 N–H and O–H groups in total. The van der Waals surface area contributed by atoms with E-state index in [9.17, 15) is 18.0 Å². The van der Waals surface area contributed by atoms with Crippen LogP contribution in [-0.2, 0) is 32.6 Å². The lowest BCUT2D eigenvalue weighted by atomic mass is 10.0. The summed E-state index contributed by atoms with van der Waals surface area (Å²) in [4.78, 5) is 29.8. The van der Waals surface area contributed by atoms with Gasteiger partial charge in [0.15, 0.2) is 0 Å². The van der Waals surface area contributed by atoms with Crippen molar-refractivity contribution in [2.24, 2.45) is 0 Å². The zero-order valence-corrected chi connectivity index (χ0v) is 28.7. The number of benzene rings is 4. The maximum absolute atomic E-state index is 14.5. The number of unbranched alkanes of at least 4 members (excludes halogenated alkanes) is 1. The van der Waals surface area contributed by atoms with Gasteiger partial charge in [-0.2, -0.15) is 0 Å². The smallest absolute Gasteiger partial charge is 0.264 e. The molecule has 1 atom stereocenters. The largest absolute Gasteiger partial charge is 0.354 e. The van der Waals surface area contributed by atoms with Crippen LogP contribution in [0.3, 0.4) is 0 Å². The minimum Gasteiger partial charge on any atom is -0.354 e. The van der Waals surface area contributed by atoms with Crippen LogP contribution in [0.25, 0.3) is 0 Å². The van der Waals surface area contributed by atoms with Crippen molar-refractivity contribution in [1.82, 2.24) is 10.2 Å². The molecule has 0 aliphatic carbocycles. The Labute approximate surface area is 286 Å². The Morgan fingerprint density at radius 1 is 0.848 bits per heavy atom. The van der Waals surface area contributed by atoms with Crippen LogP contribution in [0.15, 0.2) is 102 Å². The summed E-state index contributed by atoms with van der Waals surface area (Å²) in [7, 11) is -4.22. The van der Waals surface area contributed by atoms with E-state index in [0.29, 0.717) is 27.2 Å². The summed E-state index contributed by atoms with van der Waals surface area (Å²) >= 11 is 18.9. The van der Waals surface area contributed by atoms with E-state index in [1.807, 2.05) is 44.2 Å². The second-order valence-electron chi connectivity index (χ2n) is 10.9. The monoisotopic (exact) mass is 699 g/mol. The molecule has 0 spiro atoms. The highest BCUT2D eigenvalue weighted by Crippen LogP contribution is 2.28. The highest BCUT2D eigenvalue weighted by atomic mass is 35.5. The molecule has 0 radical (unpaired) electrons. The quantitative estimate of drug-likeness (QED) is 0.137. The van der Waals surface area contributed by atoms with Gasteiger partial charge in [0.2, 0.25) is 11.8 Å². The Kier molecular flexibility index (Phi) is 12.5. The lowest BCUT2D eigenvalue weighted by molar-refractivity contribution is -0.140. The minimum atomic E-state index is -4.22. The van der Waals surface area contributed by atoms with Crippen molar-refractivity contribution in [2.45, 2.75) is 50.6 Å². The van der Waals surface area contributed by atoms with Crippen LogP contribution in [0.1, 0.15) is 36.5 Å². The predicted molar refractivity (Wildman–Crippen MR) is 186 cm³/mol. The van der Waals surface area contributed by atoms with Crippen LogP contribution in [0, 0.1) is 6.92 Å². The van der Waals surface area contributed by atoms with Crippen molar-refractivity contribution in [3.8, 4) is 0 Å². The molecular formula is C35H36Cl3N3O4S. The van der Waals surface area contributed by atoms with Crippen molar-refractivity contribution in [3.63, 3.8) is 0 Å². The van der Waals surface area contributed by atoms with E-state index in [2.05, 4.69) is 5.32 Å². The average molecular weight is 701 g/mol. The van der Waals surface area contributed by atoms with Gasteiger partial charge < -0.3 is 10.2 Å². The lowest BCUT2D eigenvalue weighted by Gasteiger charge is -2.34. The van der Waals surface area contributed by atoms with E-state index in [0.717, 1.165) is 28.3 Å². The number of rotatable bonds is 14. The van der Waals surface area contributed by atoms with E-state index in [1.54, 1.807) is 54.6 Å². The number of anilines is 1. The number of aryl methyl sites for hydroxylation is 1. The molecule has 1 unspecified atom stereocenters. The Morgan fingerprint density at radius 2 is 1.50 bits per heavy atom. The molecule has 0 aliphatic heterocycles. The molecule has 242 valence electrons. The molecule has 0 fully saturated rings. The summed E-state index contributed by atoms with van der Waals surface area (Å²) in [5.41, 5.74) is 2.52. The number of halogens is 3. The molecule has 0 bridgehead atoms. The first-order valence-corrected chi connectivity index (χ1v) is 17.5. The molecule has 0 saturated heterocycles. The van der Waals surface area contributed by atoms with E-state index >= 15 is 0 Å². The molecule has 4 rings (SSSR count). The zero-order valence-electron chi connectivity index (χ0n) is 25.6. The van der Waals surface area contributed by atoms with E-state index in [4.69, 9.17) is 34.8 Å². The normalized spacial score (nSPS) is 11.9. The van der Waals surface area contributed by atoms with Crippen LogP contribution in [0.4, 0.5) is 5.69 Å². The number of carbonyl (C=O) groups is 2. The summed E-state index contributed by atoms with van der Waals surface area (Å²) in [6.45, 7) is 3.66. The summed E-state index contributed by atoms with van der Waals surface area (Å²) < 4.78 is 29.3. The third-order valence-electron chi connectivity index (χ3n) is 7.46. The third kappa shape index (κ3) is 9.26. The van der Waals surface area contributed by atoms with Crippen LogP contribution in [-0.4, -0.2) is 44.3 Å². The predicted octanol–water partition coefficient (Wildman–Crippen LogP) is 7.71.